The van der Waals surface area contributed by atoms with Crippen LogP contribution in [-0.2, 0) is 13.1 Å². The maximum Gasteiger partial charge on any atom is 0.318 e. The van der Waals surface area contributed by atoms with E-state index in [0.29, 0.717) is 36.3 Å². The topological polar surface area (TPSA) is 63.3 Å². The van der Waals surface area contributed by atoms with Gasteiger partial charge in [-0.15, -0.1) is 0 Å². The minimum absolute atomic E-state index is 0.0133. The van der Waals surface area contributed by atoms with Gasteiger partial charge in [0, 0.05) is 24.8 Å². The van der Waals surface area contributed by atoms with Crippen molar-refractivity contribution in [1.82, 2.24) is 14.8 Å². The number of rotatable bonds is 3. The Bertz CT molecular complexity index is 874. The van der Waals surface area contributed by atoms with Gasteiger partial charge < -0.3 is 20.5 Å². The minimum Gasteiger partial charge on any atom is -0.389 e. The molecule has 142 valence electrons. The molecule has 2 heterocycles. The van der Waals surface area contributed by atoms with E-state index < -0.39 is 0 Å². The lowest BCUT2D eigenvalue weighted by Gasteiger charge is -2.31. The van der Waals surface area contributed by atoms with Crippen molar-refractivity contribution in [2.24, 2.45) is 5.73 Å². The highest BCUT2D eigenvalue weighted by Gasteiger charge is 2.31. The molecule has 7 heteroatoms. The molecule has 0 radical (unpaired) electrons. The molecule has 4 rings (SSSR count). The average molecular weight is 403 g/mol. The highest BCUT2D eigenvalue weighted by atomic mass is 35.5. The molecule has 0 atom stereocenters. The standard InChI is InChI=1S/C20H23ClN4OS/c21-17-16(19(22)27)15-12-24(20(26)23-14-8-4-5-9-14)10-11-25(15)18(17)13-6-2-1-3-7-13/h1-3,6-7,14H,4-5,8-12H2,(H2,22,27)(H,23,26). The van der Waals surface area contributed by atoms with E-state index in [0.717, 1.165) is 29.8 Å². The molecule has 1 fully saturated rings. The van der Waals surface area contributed by atoms with Crippen molar-refractivity contribution < 1.29 is 4.79 Å². The molecular formula is C20H23ClN4OS. The molecule has 1 aromatic heterocycles. The summed E-state index contributed by atoms with van der Waals surface area (Å²) in [4.78, 5) is 14.8. The second kappa shape index (κ2) is 7.52. The smallest absolute Gasteiger partial charge is 0.318 e. The van der Waals surface area contributed by atoms with E-state index in [1.54, 1.807) is 0 Å². The number of benzene rings is 1. The predicted molar refractivity (Wildman–Crippen MR) is 112 cm³/mol. The van der Waals surface area contributed by atoms with Crippen molar-refractivity contribution in [3.05, 3.63) is 46.6 Å². The summed E-state index contributed by atoms with van der Waals surface area (Å²) in [5, 5.41) is 3.73. The Balaban J connectivity index is 1.66. The number of thiocarbonyl (C=S) groups is 1. The van der Waals surface area contributed by atoms with Crippen molar-refractivity contribution in [2.75, 3.05) is 6.54 Å². The molecule has 27 heavy (non-hydrogen) atoms. The van der Waals surface area contributed by atoms with Crippen molar-refractivity contribution in [3.8, 4) is 11.3 Å². The number of urea groups is 1. The highest BCUT2D eigenvalue weighted by molar-refractivity contribution is 7.80. The fourth-order valence-electron chi connectivity index (χ4n) is 4.16. The van der Waals surface area contributed by atoms with Crippen LogP contribution in [0.1, 0.15) is 36.9 Å². The lowest BCUT2D eigenvalue weighted by Crippen LogP contribution is -2.47. The molecule has 0 bridgehead atoms. The molecule has 0 saturated heterocycles. The first-order valence-electron chi connectivity index (χ1n) is 9.37. The largest absolute Gasteiger partial charge is 0.389 e. The van der Waals surface area contributed by atoms with Gasteiger partial charge in [-0.2, -0.15) is 0 Å². The molecule has 3 N–H and O–H groups in total. The lowest BCUT2D eigenvalue weighted by atomic mass is 10.1. The third-order valence-corrected chi connectivity index (χ3v) is 6.08. The quantitative estimate of drug-likeness (QED) is 0.765. The summed E-state index contributed by atoms with van der Waals surface area (Å²) >= 11 is 12.0. The van der Waals surface area contributed by atoms with Crippen molar-refractivity contribution in [1.29, 1.82) is 0 Å². The van der Waals surface area contributed by atoms with Crippen LogP contribution in [0.5, 0.6) is 0 Å². The number of nitrogens with two attached hydrogens (primary N) is 1. The van der Waals surface area contributed by atoms with Crippen LogP contribution in [-0.4, -0.2) is 33.1 Å². The van der Waals surface area contributed by atoms with Gasteiger partial charge in [-0.1, -0.05) is 67.0 Å². The molecule has 0 spiro atoms. The molecule has 1 aromatic carbocycles. The molecule has 2 aromatic rings. The number of aromatic nitrogens is 1. The van der Waals surface area contributed by atoms with Gasteiger partial charge in [0.05, 0.1) is 22.8 Å². The van der Waals surface area contributed by atoms with E-state index in [1.165, 1.54) is 12.8 Å². The molecular weight excluding hydrogens is 380 g/mol. The Kier molecular flexibility index (Phi) is 5.10. The van der Waals surface area contributed by atoms with Crippen molar-refractivity contribution in [2.45, 2.75) is 44.8 Å². The van der Waals surface area contributed by atoms with Crippen LogP contribution in [0.3, 0.4) is 0 Å². The summed E-state index contributed by atoms with van der Waals surface area (Å²) < 4.78 is 2.16. The van der Waals surface area contributed by atoms with E-state index >= 15 is 0 Å². The molecule has 2 aliphatic rings. The third kappa shape index (κ3) is 3.44. The van der Waals surface area contributed by atoms with Gasteiger partial charge in [-0.25, -0.2) is 4.79 Å². The summed E-state index contributed by atoms with van der Waals surface area (Å²) in [6.07, 6.45) is 4.51. The normalized spacial score (nSPS) is 17.0. The summed E-state index contributed by atoms with van der Waals surface area (Å²) in [7, 11) is 0. The maximum absolute atomic E-state index is 12.7. The van der Waals surface area contributed by atoms with Crippen LogP contribution >= 0.6 is 23.8 Å². The first-order chi connectivity index (χ1) is 13.1. The monoisotopic (exact) mass is 402 g/mol. The van der Waals surface area contributed by atoms with Gasteiger partial charge in [0.2, 0.25) is 0 Å². The van der Waals surface area contributed by atoms with Gasteiger partial charge in [-0.05, 0) is 18.4 Å². The van der Waals surface area contributed by atoms with Crippen LogP contribution < -0.4 is 11.1 Å². The number of carbonyl (C=O) groups excluding carboxylic acids is 1. The van der Waals surface area contributed by atoms with Crippen LogP contribution in [0.25, 0.3) is 11.3 Å². The number of nitrogens with one attached hydrogen (secondary N) is 1. The first kappa shape index (κ1) is 18.3. The number of halogens is 1. The Morgan fingerprint density at radius 1 is 1.19 bits per heavy atom. The zero-order chi connectivity index (χ0) is 19.0. The highest BCUT2D eigenvalue weighted by Crippen LogP contribution is 2.38. The molecule has 5 nitrogen and oxygen atoms in total. The molecule has 1 saturated carbocycles. The Hall–Kier alpha value is -2.05. The van der Waals surface area contributed by atoms with Gasteiger partial charge in [0.1, 0.15) is 4.99 Å². The fraction of sp³-hybridized carbons (Fsp3) is 0.400. The molecule has 2 amide bonds. The summed E-state index contributed by atoms with van der Waals surface area (Å²) in [5.41, 5.74) is 9.54. The lowest BCUT2D eigenvalue weighted by molar-refractivity contribution is 0.180. The van der Waals surface area contributed by atoms with Crippen LogP contribution in [0, 0.1) is 0 Å². The van der Waals surface area contributed by atoms with Crippen molar-refractivity contribution >= 4 is 34.8 Å². The number of hydrogen-bond donors (Lipinski definition) is 2. The summed E-state index contributed by atoms with van der Waals surface area (Å²) in [5.74, 6) is 0. The molecule has 1 aliphatic carbocycles. The van der Waals surface area contributed by atoms with E-state index in [2.05, 4.69) is 9.88 Å². The molecule has 0 unspecified atom stereocenters. The van der Waals surface area contributed by atoms with E-state index in [4.69, 9.17) is 29.6 Å². The van der Waals surface area contributed by atoms with Crippen molar-refractivity contribution in [3.63, 3.8) is 0 Å². The maximum atomic E-state index is 12.7. The number of carbonyl (C=O) groups is 1. The first-order valence-corrected chi connectivity index (χ1v) is 10.2. The Morgan fingerprint density at radius 2 is 1.89 bits per heavy atom. The van der Waals surface area contributed by atoms with E-state index in [1.807, 2.05) is 35.2 Å². The zero-order valence-corrected chi connectivity index (χ0v) is 16.7. The van der Waals surface area contributed by atoms with E-state index in [9.17, 15) is 4.79 Å². The van der Waals surface area contributed by atoms with E-state index in [-0.39, 0.29) is 11.0 Å². The number of nitrogens with zero attached hydrogens (tertiary/aromatic N) is 2. The SMILES string of the molecule is NC(=S)c1c(Cl)c(-c2ccccc2)n2c1CN(C(=O)NC1CCCC1)CC2. The number of hydrogen-bond acceptors (Lipinski definition) is 2. The average Bonchev–Trinajstić information content (AvgIpc) is 3.26. The summed E-state index contributed by atoms with van der Waals surface area (Å²) in [6.45, 7) is 1.75. The van der Waals surface area contributed by atoms with Gasteiger partial charge >= 0.3 is 6.03 Å². The second-order valence-corrected chi connectivity index (χ2v) is 8.04. The zero-order valence-electron chi connectivity index (χ0n) is 15.1. The Morgan fingerprint density at radius 3 is 2.56 bits per heavy atom. The number of fused-ring (bicyclic) bond motifs is 1. The fourth-order valence-corrected chi connectivity index (χ4v) is 4.86. The second-order valence-electron chi connectivity index (χ2n) is 7.22. The van der Waals surface area contributed by atoms with Crippen LogP contribution in [0.2, 0.25) is 5.02 Å². The summed E-state index contributed by atoms with van der Waals surface area (Å²) in [6, 6.07) is 10.3. The van der Waals surface area contributed by atoms with Gasteiger partial charge in [0.25, 0.3) is 0 Å². The predicted octanol–water partition coefficient (Wildman–Crippen LogP) is 3.91. The van der Waals surface area contributed by atoms with Crippen LogP contribution in [0.15, 0.2) is 30.3 Å². The third-order valence-electron chi connectivity index (χ3n) is 5.51. The van der Waals surface area contributed by atoms with Gasteiger partial charge in [-0.3, -0.25) is 0 Å². The molecule has 1 aliphatic heterocycles. The van der Waals surface area contributed by atoms with Gasteiger partial charge in [0.15, 0.2) is 0 Å². The van der Waals surface area contributed by atoms with Crippen LogP contribution in [0.4, 0.5) is 4.79 Å². The number of amides is 2. The minimum atomic E-state index is -0.0133. The Labute approximate surface area is 169 Å².